The molecule has 1 aromatic heterocycles. The van der Waals surface area contributed by atoms with Crippen LogP contribution in [0.25, 0.3) is 6.08 Å². The van der Waals surface area contributed by atoms with E-state index in [-0.39, 0.29) is 5.91 Å². The molecule has 0 unspecified atom stereocenters. The second-order valence-electron chi connectivity index (χ2n) is 4.75. The van der Waals surface area contributed by atoms with Crippen molar-refractivity contribution < 1.29 is 14.7 Å². The van der Waals surface area contributed by atoms with Crippen molar-refractivity contribution in [3.8, 4) is 0 Å². The molecule has 2 rings (SSSR count). The van der Waals surface area contributed by atoms with E-state index < -0.39 is 5.97 Å². The zero-order chi connectivity index (χ0) is 13.7. The van der Waals surface area contributed by atoms with E-state index in [0.29, 0.717) is 18.9 Å². The minimum atomic E-state index is -0.955. The van der Waals surface area contributed by atoms with Gasteiger partial charge in [0.1, 0.15) is 0 Å². The molecule has 102 valence electrons. The van der Waals surface area contributed by atoms with Gasteiger partial charge in [0, 0.05) is 22.3 Å². The fourth-order valence-electron chi connectivity index (χ4n) is 1.95. The maximum atomic E-state index is 11.6. The largest absolute Gasteiger partial charge is 0.478 e. The molecule has 5 heteroatoms. The summed E-state index contributed by atoms with van der Waals surface area (Å²) in [6, 6.07) is 3.77. The van der Waals surface area contributed by atoms with Crippen LogP contribution in [0.3, 0.4) is 0 Å². The molecule has 0 atom stereocenters. The Hall–Kier alpha value is -1.62. The normalized spacial score (nSPS) is 15.4. The number of rotatable bonds is 6. The average Bonchev–Trinajstić information content (AvgIpc) is 2.77. The van der Waals surface area contributed by atoms with Crippen LogP contribution in [0, 0.1) is 5.92 Å². The Labute approximate surface area is 116 Å². The number of carbonyl (C=O) groups is 2. The van der Waals surface area contributed by atoms with Gasteiger partial charge in [-0.3, -0.25) is 4.79 Å². The van der Waals surface area contributed by atoms with Gasteiger partial charge in [-0.05, 0) is 37.0 Å². The van der Waals surface area contributed by atoms with E-state index >= 15 is 0 Å². The molecule has 1 amide bonds. The van der Waals surface area contributed by atoms with Crippen LogP contribution < -0.4 is 5.32 Å². The summed E-state index contributed by atoms with van der Waals surface area (Å²) in [6.45, 7) is 0.525. The number of carboxylic acids is 1. The average molecular weight is 279 g/mol. The molecule has 1 aliphatic carbocycles. The number of nitrogens with one attached hydrogen (secondary N) is 1. The standard InChI is InChI=1S/C14H17NO3S/c16-13(8-10-2-1-3-10)15-9-12-5-4-11(19-12)6-7-14(17)18/h4-7,10H,1-3,8-9H2,(H,15,16)(H,17,18)/b7-6+. The highest BCUT2D eigenvalue weighted by Crippen LogP contribution is 2.29. The number of thiophene rings is 1. The minimum Gasteiger partial charge on any atom is -0.478 e. The van der Waals surface area contributed by atoms with Gasteiger partial charge in [0.2, 0.25) is 5.91 Å². The van der Waals surface area contributed by atoms with Crippen molar-refractivity contribution in [2.24, 2.45) is 5.92 Å². The van der Waals surface area contributed by atoms with Gasteiger partial charge in [0.15, 0.2) is 0 Å². The predicted molar refractivity (Wildman–Crippen MR) is 74.8 cm³/mol. The lowest BCUT2D eigenvalue weighted by molar-refractivity contribution is -0.131. The fourth-order valence-corrected chi connectivity index (χ4v) is 2.80. The first-order chi connectivity index (χ1) is 9.13. The topological polar surface area (TPSA) is 66.4 Å². The molecule has 0 aliphatic heterocycles. The van der Waals surface area contributed by atoms with E-state index in [9.17, 15) is 9.59 Å². The monoisotopic (exact) mass is 279 g/mol. The third-order valence-electron chi connectivity index (χ3n) is 3.23. The van der Waals surface area contributed by atoms with Crippen LogP contribution >= 0.6 is 11.3 Å². The van der Waals surface area contributed by atoms with E-state index in [1.54, 1.807) is 6.08 Å². The van der Waals surface area contributed by atoms with Gasteiger partial charge in [-0.2, -0.15) is 0 Å². The van der Waals surface area contributed by atoms with E-state index in [0.717, 1.165) is 15.8 Å². The van der Waals surface area contributed by atoms with Crippen LogP contribution in [0.1, 0.15) is 35.4 Å². The second-order valence-corrected chi connectivity index (χ2v) is 5.95. The summed E-state index contributed by atoms with van der Waals surface area (Å²) in [7, 11) is 0. The van der Waals surface area contributed by atoms with Crippen molar-refractivity contribution in [1.29, 1.82) is 0 Å². The molecule has 0 radical (unpaired) electrons. The van der Waals surface area contributed by atoms with Crippen LogP contribution in [0.4, 0.5) is 0 Å². The quantitative estimate of drug-likeness (QED) is 0.787. The first-order valence-electron chi connectivity index (χ1n) is 6.40. The van der Waals surface area contributed by atoms with Crippen molar-refractivity contribution >= 4 is 29.3 Å². The Morgan fingerprint density at radius 2 is 2.21 bits per heavy atom. The Morgan fingerprint density at radius 1 is 1.42 bits per heavy atom. The summed E-state index contributed by atoms with van der Waals surface area (Å²) in [5.74, 6) is -0.262. The van der Waals surface area contributed by atoms with Crippen molar-refractivity contribution in [3.05, 3.63) is 28.0 Å². The Kier molecular flexibility index (Phi) is 4.74. The van der Waals surface area contributed by atoms with Crippen LogP contribution in [0.2, 0.25) is 0 Å². The first kappa shape index (κ1) is 13.8. The van der Waals surface area contributed by atoms with Crippen molar-refractivity contribution in [2.75, 3.05) is 0 Å². The number of amides is 1. The molecule has 1 heterocycles. The van der Waals surface area contributed by atoms with Gasteiger partial charge in [-0.25, -0.2) is 4.79 Å². The van der Waals surface area contributed by atoms with Gasteiger partial charge in [0.25, 0.3) is 0 Å². The molecule has 19 heavy (non-hydrogen) atoms. The number of hydrogen-bond acceptors (Lipinski definition) is 3. The molecule has 0 bridgehead atoms. The van der Waals surface area contributed by atoms with Crippen LogP contribution in [0.5, 0.6) is 0 Å². The summed E-state index contributed by atoms with van der Waals surface area (Å²) < 4.78 is 0. The number of carboxylic acid groups (broad SMARTS) is 1. The van der Waals surface area contributed by atoms with Gasteiger partial charge in [0.05, 0.1) is 6.54 Å². The highest BCUT2D eigenvalue weighted by molar-refractivity contribution is 7.12. The summed E-state index contributed by atoms with van der Waals surface area (Å²) in [5, 5.41) is 11.4. The highest BCUT2D eigenvalue weighted by Gasteiger charge is 2.20. The molecule has 2 N–H and O–H groups in total. The lowest BCUT2D eigenvalue weighted by Gasteiger charge is -2.24. The number of carbonyl (C=O) groups excluding carboxylic acids is 1. The molecule has 1 fully saturated rings. The summed E-state index contributed by atoms with van der Waals surface area (Å²) >= 11 is 1.49. The molecule has 1 aromatic rings. The predicted octanol–water partition coefficient (Wildman–Crippen LogP) is 2.65. The molecular weight excluding hydrogens is 262 g/mol. The lowest BCUT2D eigenvalue weighted by atomic mass is 9.83. The maximum absolute atomic E-state index is 11.6. The van der Waals surface area contributed by atoms with Crippen LogP contribution in [-0.4, -0.2) is 17.0 Å². The van der Waals surface area contributed by atoms with Crippen LogP contribution in [0.15, 0.2) is 18.2 Å². The van der Waals surface area contributed by atoms with E-state index in [1.807, 2.05) is 12.1 Å². The Bertz CT molecular complexity index is 489. The highest BCUT2D eigenvalue weighted by atomic mass is 32.1. The molecule has 4 nitrogen and oxygen atoms in total. The summed E-state index contributed by atoms with van der Waals surface area (Å²) in [5.41, 5.74) is 0. The third kappa shape index (κ3) is 4.52. The van der Waals surface area contributed by atoms with Gasteiger partial charge in [-0.1, -0.05) is 6.42 Å². The minimum absolute atomic E-state index is 0.112. The molecule has 0 aromatic carbocycles. The summed E-state index contributed by atoms with van der Waals surface area (Å²) in [4.78, 5) is 23.9. The van der Waals surface area contributed by atoms with Gasteiger partial charge < -0.3 is 10.4 Å². The van der Waals surface area contributed by atoms with E-state index in [2.05, 4.69) is 5.32 Å². The Balaban J connectivity index is 1.76. The molecule has 0 spiro atoms. The second kappa shape index (κ2) is 6.52. The van der Waals surface area contributed by atoms with Crippen molar-refractivity contribution in [1.82, 2.24) is 5.32 Å². The third-order valence-corrected chi connectivity index (χ3v) is 4.28. The first-order valence-corrected chi connectivity index (χ1v) is 7.21. The fraction of sp³-hybridized carbons (Fsp3) is 0.429. The smallest absolute Gasteiger partial charge is 0.328 e. The molecular formula is C14H17NO3S. The van der Waals surface area contributed by atoms with Crippen molar-refractivity contribution in [2.45, 2.75) is 32.2 Å². The van der Waals surface area contributed by atoms with Crippen LogP contribution in [-0.2, 0) is 16.1 Å². The zero-order valence-electron chi connectivity index (χ0n) is 10.6. The lowest BCUT2D eigenvalue weighted by Crippen LogP contribution is -2.27. The van der Waals surface area contributed by atoms with E-state index in [1.165, 1.54) is 30.6 Å². The van der Waals surface area contributed by atoms with Gasteiger partial charge >= 0.3 is 5.97 Å². The van der Waals surface area contributed by atoms with Crippen molar-refractivity contribution in [3.63, 3.8) is 0 Å². The molecule has 1 saturated carbocycles. The molecule has 0 saturated heterocycles. The van der Waals surface area contributed by atoms with Gasteiger partial charge in [-0.15, -0.1) is 11.3 Å². The maximum Gasteiger partial charge on any atom is 0.328 e. The Morgan fingerprint density at radius 3 is 2.84 bits per heavy atom. The van der Waals surface area contributed by atoms with E-state index in [4.69, 9.17) is 5.11 Å². The number of aliphatic carboxylic acids is 1. The summed E-state index contributed by atoms with van der Waals surface area (Å²) in [6.07, 6.45) is 6.92. The zero-order valence-corrected chi connectivity index (χ0v) is 11.4. The molecule has 1 aliphatic rings. The SMILES string of the molecule is O=C(O)/C=C/c1ccc(CNC(=O)CC2CCC2)s1. The number of hydrogen-bond donors (Lipinski definition) is 2.